The maximum absolute atomic E-state index is 6.03. The molecule has 0 bridgehead atoms. The van der Waals surface area contributed by atoms with E-state index >= 15 is 0 Å². The van der Waals surface area contributed by atoms with Crippen LogP contribution >= 0.6 is 0 Å². The van der Waals surface area contributed by atoms with E-state index in [1.807, 2.05) is 29.2 Å². The fourth-order valence-corrected chi connectivity index (χ4v) is 5.83. The molecule has 178 valence electrons. The Morgan fingerprint density at radius 2 is 1.85 bits per heavy atom. The van der Waals surface area contributed by atoms with Crippen LogP contribution in [0.25, 0.3) is 11.0 Å². The first-order valence-electron chi connectivity index (χ1n) is 12.7. The van der Waals surface area contributed by atoms with Crippen LogP contribution in [-0.2, 0) is 11.4 Å². The summed E-state index contributed by atoms with van der Waals surface area (Å²) in [5.74, 6) is 0.857. The number of hydrogen-bond acceptors (Lipinski definition) is 6. The quantitative estimate of drug-likeness (QED) is 0.514. The van der Waals surface area contributed by atoms with Gasteiger partial charge in [-0.1, -0.05) is 36.6 Å². The van der Waals surface area contributed by atoms with E-state index in [9.17, 15) is 0 Å². The third kappa shape index (κ3) is 4.01. The molecule has 3 heterocycles. The Hall–Kier alpha value is -3.09. The van der Waals surface area contributed by atoms with Gasteiger partial charge in [-0.15, -0.1) is 0 Å². The number of rotatable bonds is 6. The van der Waals surface area contributed by atoms with Crippen molar-refractivity contribution in [3.05, 3.63) is 47.8 Å². The number of nitrogens with one attached hydrogen (secondary N) is 1. The van der Waals surface area contributed by atoms with Crippen molar-refractivity contribution in [2.45, 2.75) is 82.4 Å². The third-order valence-corrected chi connectivity index (χ3v) is 7.78. The molecular weight excluding hydrogens is 426 g/mol. The lowest BCUT2D eigenvalue weighted by Gasteiger charge is -2.25. The summed E-state index contributed by atoms with van der Waals surface area (Å²) in [4.78, 5) is 10.9. The van der Waals surface area contributed by atoms with Gasteiger partial charge in [-0.25, -0.2) is 9.67 Å². The Kier molecular flexibility index (Phi) is 5.63. The molecule has 1 N–H and O–H groups in total. The van der Waals surface area contributed by atoms with Crippen LogP contribution in [0.4, 0.5) is 5.69 Å². The number of pyridine rings is 1. The summed E-state index contributed by atoms with van der Waals surface area (Å²) in [6.45, 7) is 0.663. The lowest BCUT2D eigenvalue weighted by Crippen LogP contribution is -2.26. The minimum Gasteiger partial charge on any atom is -0.497 e. The average Bonchev–Trinajstić information content (AvgIpc) is 3.62. The summed E-state index contributed by atoms with van der Waals surface area (Å²) in [6, 6.07) is 8.60. The first kappa shape index (κ1) is 21.4. The maximum atomic E-state index is 6.03. The van der Waals surface area contributed by atoms with E-state index in [2.05, 4.69) is 22.6 Å². The predicted octanol–water partition coefficient (Wildman–Crippen LogP) is 5.67. The van der Waals surface area contributed by atoms with E-state index in [4.69, 9.17) is 19.7 Å². The van der Waals surface area contributed by atoms with E-state index in [0.29, 0.717) is 12.6 Å². The number of nitrogens with zero attached hydrogens (tertiary/aromatic N) is 4. The second kappa shape index (κ2) is 8.93. The van der Waals surface area contributed by atoms with Crippen LogP contribution in [0.15, 0.2) is 41.8 Å². The summed E-state index contributed by atoms with van der Waals surface area (Å²) < 4.78 is 7.28. The Morgan fingerprint density at radius 1 is 1.06 bits per heavy atom. The average molecular weight is 460 g/mol. The second-order valence-electron chi connectivity index (χ2n) is 10.1. The number of hydrogen-bond donors (Lipinski definition) is 1. The summed E-state index contributed by atoms with van der Waals surface area (Å²) >= 11 is 0. The standard InChI is InChI=1S/C27H33N5O2/c1-33-21-11-9-19(10-12-21)18-32-26-23(17-29-32)25(30-20-7-3-2-4-8-20)22(16-28-26)24-15-27(34-31-24)13-5-6-14-27/h9-12,16-17,20H,2-8,13-15,18H2,1H3,(H,28,30). The molecular formula is C27H33N5O2. The van der Waals surface area contributed by atoms with Crippen LogP contribution in [0, 0.1) is 0 Å². The summed E-state index contributed by atoms with van der Waals surface area (Å²) in [6.07, 6.45) is 15.8. The van der Waals surface area contributed by atoms with Gasteiger partial charge < -0.3 is 14.9 Å². The fourth-order valence-electron chi connectivity index (χ4n) is 5.83. The van der Waals surface area contributed by atoms with Crippen molar-refractivity contribution >= 4 is 22.4 Å². The van der Waals surface area contributed by atoms with Crippen molar-refractivity contribution in [3.63, 3.8) is 0 Å². The first-order valence-corrected chi connectivity index (χ1v) is 12.7. The van der Waals surface area contributed by atoms with E-state index < -0.39 is 0 Å². The number of methoxy groups -OCH3 is 1. The number of oxime groups is 1. The van der Waals surface area contributed by atoms with E-state index in [1.54, 1.807) is 7.11 Å². The largest absolute Gasteiger partial charge is 0.497 e. The number of aromatic nitrogens is 3. The monoisotopic (exact) mass is 459 g/mol. The number of ether oxygens (including phenoxy) is 1. The van der Waals surface area contributed by atoms with E-state index in [0.717, 1.165) is 58.6 Å². The minimum atomic E-state index is -0.0923. The first-order chi connectivity index (χ1) is 16.7. The highest BCUT2D eigenvalue weighted by atomic mass is 16.7. The molecule has 34 heavy (non-hydrogen) atoms. The highest BCUT2D eigenvalue weighted by Crippen LogP contribution is 2.42. The molecule has 3 aromatic rings. The van der Waals surface area contributed by atoms with Crippen LogP contribution in [0.1, 0.15) is 75.3 Å². The Morgan fingerprint density at radius 3 is 2.62 bits per heavy atom. The van der Waals surface area contributed by atoms with Crippen LogP contribution < -0.4 is 10.1 Å². The molecule has 1 aromatic carbocycles. The Labute approximate surface area is 200 Å². The van der Waals surface area contributed by atoms with E-state index in [-0.39, 0.29) is 5.60 Å². The van der Waals surface area contributed by atoms with Gasteiger partial charge in [0.05, 0.1) is 36.6 Å². The molecule has 7 heteroatoms. The van der Waals surface area contributed by atoms with Gasteiger partial charge in [-0.05, 0) is 56.2 Å². The summed E-state index contributed by atoms with van der Waals surface area (Å²) in [5, 5.41) is 14.3. The molecule has 2 fully saturated rings. The molecule has 2 aromatic heterocycles. The number of benzene rings is 1. The normalized spacial score (nSPS) is 20.0. The molecule has 0 atom stereocenters. The topological polar surface area (TPSA) is 73.6 Å². The molecule has 6 rings (SSSR count). The Bertz CT molecular complexity index is 1190. The lowest BCUT2D eigenvalue weighted by atomic mass is 9.91. The molecule has 0 amide bonds. The van der Waals surface area contributed by atoms with Crippen molar-refractivity contribution in [1.29, 1.82) is 0 Å². The molecule has 0 unspecified atom stereocenters. The smallest absolute Gasteiger partial charge is 0.160 e. The van der Waals surface area contributed by atoms with Crippen LogP contribution in [0.2, 0.25) is 0 Å². The predicted molar refractivity (Wildman–Crippen MR) is 134 cm³/mol. The van der Waals surface area contributed by atoms with Crippen molar-refractivity contribution in [3.8, 4) is 5.75 Å². The van der Waals surface area contributed by atoms with Gasteiger partial charge in [0, 0.05) is 24.2 Å². The zero-order valence-electron chi connectivity index (χ0n) is 19.9. The highest BCUT2D eigenvalue weighted by Gasteiger charge is 2.42. The van der Waals surface area contributed by atoms with Gasteiger partial charge >= 0.3 is 0 Å². The lowest BCUT2D eigenvalue weighted by molar-refractivity contribution is -0.0126. The second-order valence-corrected chi connectivity index (χ2v) is 10.1. The highest BCUT2D eigenvalue weighted by molar-refractivity contribution is 6.10. The molecule has 7 nitrogen and oxygen atoms in total. The van der Waals surface area contributed by atoms with Crippen LogP contribution in [0.3, 0.4) is 0 Å². The van der Waals surface area contributed by atoms with Crippen molar-refractivity contribution < 1.29 is 9.57 Å². The molecule has 1 aliphatic heterocycles. The van der Waals surface area contributed by atoms with Crippen LogP contribution in [0.5, 0.6) is 5.75 Å². The van der Waals surface area contributed by atoms with Gasteiger partial charge in [0.2, 0.25) is 0 Å². The van der Waals surface area contributed by atoms with Crippen molar-refractivity contribution in [2.24, 2.45) is 5.16 Å². The molecule has 2 saturated carbocycles. The van der Waals surface area contributed by atoms with Gasteiger partial charge in [0.1, 0.15) is 11.4 Å². The molecule has 1 spiro atoms. The summed E-state index contributed by atoms with van der Waals surface area (Å²) in [7, 11) is 1.69. The minimum absolute atomic E-state index is 0.0923. The van der Waals surface area contributed by atoms with Gasteiger partial charge in [-0.3, -0.25) is 0 Å². The molecule has 2 aliphatic carbocycles. The SMILES string of the molecule is COc1ccc(Cn2ncc3c(NC4CCCCC4)c(C4=NOC5(CCCC5)C4)cnc32)cc1. The van der Waals surface area contributed by atoms with Gasteiger partial charge in [0.15, 0.2) is 5.65 Å². The molecule has 0 saturated heterocycles. The number of fused-ring (bicyclic) bond motifs is 1. The van der Waals surface area contributed by atoms with Crippen molar-refractivity contribution in [1.82, 2.24) is 14.8 Å². The third-order valence-electron chi connectivity index (χ3n) is 7.78. The van der Waals surface area contributed by atoms with Gasteiger partial charge in [-0.2, -0.15) is 5.10 Å². The van der Waals surface area contributed by atoms with Gasteiger partial charge in [0.25, 0.3) is 0 Å². The fraction of sp³-hybridized carbons (Fsp3) is 0.519. The number of anilines is 1. The zero-order valence-corrected chi connectivity index (χ0v) is 19.9. The van der Waals surface area contributed by atoms with E-state index in [1.165, 1.54) is 44.9 Å². The summed E-state index contributed by atoms with van der Waals surface area (Å²) in [5.41, 5.74) is 5.19. The Balaban J connectivity index is 1.35. The zero-order chi connectivity index (χ0) is 23.0. The van der Waals surface area contributed by atoms with Crippen molar-refractivity contribution in [2.75, 3.05) is 12.4 Å². The molecule has 0 radical (unpaired) electrons. The van der Waals surface area contributed by atoms with Crippen LogP contribution in [-0.4, -0.2) is 39.2 Å². The maximum Gasteiger partial charge on any atom is 0.160 e. The molecule has 3 aliphatic rings.